The highest BCUT2D eigenvalue weighted by molar-refractivity contribution is 5.95. The van der Waals surface area contributed by atoms with Gasteiger partial charge in [0.1, 0.15) is 5.82 Å². The van der Waals surface area contributed by atoms with Crippen molar-refractivity contribution in [1.82, 2.24) is 19.9 Å². The zero-order valence-corrected chi connectivity index (χ0v) is 14.9. The first-order chi connectivity index (χ1) is 12.8. The van der Waals surface area contributed by atoms with E-state index < -0.39 is 0 Å². The predicted molar refractivity (Wildman–Crippen MR) is 101 cm³/mol. The Labute approximate surface area is 152 Å². The number of nitrogens with one attached hydrogen (secondary N) is 2. The average molecular weight is 348 g/mol. The summed E-state index contributed by atoms with van der Waals surface area (Å²) >= 11 is 0. The molecule has 2 fully saturated rings. The lowest BCUT2D eigenvalue weighted by Gasteiger charge is -2.31. The van der Waals surface area contributed by atoms with Gasteiger partial charge in [-0.05, 0) is 55.7 Å². The molecule has 26 heavy (non-hydrogen) atoms. The minimum Gasteiger partial charge on any atom is -0.364 e. The SMILES string of the molecule is O=C(c1cc[nH]c1C1CC1)N1CCC(Cc2nc3ccccc3[nH]2)CC1. The van der Waals surface area contributed by atoms with Crippen LogP contribution in [0.15, 0.2) is 36.5 Å². The second-order valence-electron chi connectivity index (χ2n) is 7.72. The summed E-state index contributed by atoms with van der Waals surface area (Å²) in [6.07, 6.45) is 7.39. The molecule has 0 atom stereocenters. The van der Waals surface area contributed by atoms with E-state index in [4.69, 9.17) is 4.98 Å². The summed E-state index contributed by atoms with van der Waals surface area (Å²) in [6.45, 7) is 1.69. The minimum absolute atomic E-state index is 0.204. The Morgan fingerprint density at radius 2 is 1.92 bits per heavy atom. The minimum atomic E-state index is 0.204. The Morgan fingerprint density at radius 1 is 1.12 bits per heavy atom. The molecule has 1 aliphatic heterocycles. The molecule has 0 unspecified atom stereocenters. The number of fused-ring (bicyclic) bond motifs is 1. The van der Waals surface area contributed by atoms with E-state index in [1.54, 1.807) is 0 Å². The highest BCUT2D eigenvalue weighted by Crippen LogP contribution is 2.41. The fourth-order valence-electron chi connectivity index (χ4n) is 4.16. The van der Waals surface area contributed by atoms with Crippen LogP contribution in [0.2, 0.25) is 0 Å². The predicted octanol–water partition coefficient (Wildman–Crippen LogP) is 3.86. The zero-order valence-electron chi connectivity index (χ0n) is 14.9. The molecule has 2 aliphatic rings. The summed E-state index contributed by atoms with van der Waals surface area (Å²) in [5.41, 5.74) is 4.19. The molecule has 1 saturated carbocycles. The van der Waals surface area contributed by atoms with Crippen LogP contribution in [-0.2, 0) is 6.42 Å². The van der Waals surface area contributed by atoms with Gasteiger partial charge in [0.15, 0.2) is 0 Å². The topological polar surface area (TPSA) is 64.8 Å². The van der Waals surface area contributed by atoms with Crippen molar-refractivity contribution in [1.29, 1.82) is 0 Å². The Hall–Kier alpha value is -2.56. The molecular formula is C21H24N4O. The summed E-state index contributed by atoms with van der Waals surface area (Å²) in [4.78, 5) is 26.3. The molecule has 2 N–H and O–H groups in total. The number of H-pyrrole nitrogens is 2. The lowest BCUT2D eigenvalue weighted by atomic mass is 9.93. The molecule has 5 nitrogen and oxygen atoms in total. The first-order valence-corrected chi connectivity index (χ1v) is 9.68. The van der Waals surface area contributed by atoms with Crippen molar-refractivity contribution in [3.8, 4) is 0 Å². The van der Waals surface area contributed by atoms with E-state index in [1.807, 2.05) is 35.4 Å². The third-order valence-corrected chi connectivity index (χ3v) is 5.82. The number of para-hydroxylation sites is 2. The molecular weight excluding hydrogens is 324 g/mol. The first-order valence-electron chi connectivity index (χ1n) is 9.68. The quantitative estimate of drug-likeness (QED) is 0.752. The average Bonchev–Trinajstić information content (AvgIpc) is 3.25. The van der Waals surface area contributed by atoms with Crippen molar-refractivity contribution in [2.75, 3.05) is 13.1 Å². The number of hydrogen-bond donors (Lipinski definition) is 2. The van der Waals surface area contributed by atoms with Crippen LogP contribution in [0.3, 0.4) is 0 Å². The number of nitrogens with zero attached hydrogens (tertiary/aromatic N) is 2. The van der Waals surface area contributed by atoms with Crippen LogP contribution in [0.5, 0.6) is 0 Å². The number of hydrogen-bond acceptors (Lipinski definition) is 2. The number of aromatic amines is 2. The summed E-state index contributed by atoms with van der Waals surface area (Å²) in [5, 5.41) is 0. The van der Waals surface area contributed by atoms with E-state index in [-0.39, 0.29) is 5.91 Å². The second-order valence-corrected chi connectivity index (χ2v) is 7.72. The van der Waals surface area contributed by atoms with Gasteiger partial charge in [-0.1, -0.05) is 12.1 Å². The fourth-order valence-corrected chi connectivity index (χ4v) is 4.16. The first kappa shape index (κ1) is 15.7. The maximum Gasteiger partial charge on any atom is 0.255 e. The number of aromatic nitrogens is 3. The molecule has 5 rings (SSSR count). The lowest BCUT2D eigenvalue weighted by Crippen LogP contribution is -2.39. The Morgan fingerprint density at radius 3 is 2.69 bits per heavy atom. The van der Waals surface area contributed by atoms with E-state index in [0.717, 1.165) is 60.5 Å². The van der Waals surface area contributed by atoms with Crippen LogP contribution in [0.25, 0.3) is 11.0 Å². The van der Waals surface area contributed by atoms with Crippen LogP contribution in [0.1, 0.15) is 53.5 Å². The van der Waals surface area contributed by atoms with Crippen molar-refractivity contribution < 1.29 is 4.79 Å². The third-order valence-electron chi connectivity index (χ3n) is 5.82. The number of carbonyl (C=O) groups is 1. The van der Waals surface area contributed by atoms with Crippen molar-refractivity contribution in [2.45, 2.75) is 38.0 Å². The zero-order chi connectivity index (χ0) is 17.5. The van der Waals surface area contributed by atoms with Gasteiger partial charge >= 0.3 is 0 Å². The highest BCUT2D eigenvalue weighted by atomic mass is 16.2. The van der Waals surface area contributed by atoms with Crippen LogP contribution >= 0.6 is 0 Å². The molecule has 1 amide bonds. The molecule has 1 aromatic carbocycles. The van der Waals surface area contributed by atoms with Crippen molar-refractivity contribution >= 4 is 16.9 Å². The van der Waals surface area contributed by atoms with Gasteiger partial charge in [0, 0.05) is 31.4 Å². The number of imidazole rings is 1. The molecule has 0 bridgehead atoms. The Balaban J connectivity index is 1.21. The molecule has 5 heteroatoms. The number of benzene rings is 1. The van der Waals surface area contributed by atoms with Gasteiger partial charge in [0.05, 0.1) is 16.6 Å². The van der Waals surface area contributed by atoms with E-state index in [0.29, 0.717) is 11.8 Å². The van der Waals surface area contributed by atoms with Gasteiger partial charge in [0.2, 0.25) is 0 Å². The normalized spacial score (nSPS) is 18.5. The smallest absolute Gasteiger partial charge is 0.255 e. The molecule has 1 saturated heterocycles. The monoisotopic (exact) mass is 348 g/mol. The molecule has 0 radical (unpaired) electrons. The molecule has 2 aromatic heterocycles. The fraction of sp³-hybridized carbons (Fsp3) is 0.429. The molecule has 3 aromatic rings. The van der Waals surface area contributed by atoms with E-state index in [1.165, 1.54) is 12.8 Å². The van der Waals surface area contributed by atoms with E-state index >= 15 is 0 Å². The van der Waals surface area contributed by atoms with Gasteiger partial charge in [-0.25, -0.2) is 4.98 Å². The van der Waals surface area contributed by atoms with Crippen molar-refractivity contribution in [3.05, 3.63) is 53.6 Å². The summed E-state index contributed by atoms with van der Waals surface area (Å²) in [7, 11) is 0. The van der Waals surface area contributed by atoms with Gasteiger partial charge in [0.25, 0.3) is 5.91 Å². The Bertz CT molecular complexity index is 895. The van der Waals surface area contributed by atoms with Crippen LogP contribution < -0.4 is 0 Å². The molecule has 134 valence electrons. The molecule has 1 aliphatic carbocycles. The van der Waals surface area contributed by atoms with Gasteiger partial charge in [-0.2, -0.15) is 0 Å². The third kappa shape index (κ3) is 2.91. The highest BCUT2D eigenvalue weighted by Gasteiger charge is 2.32. The summed E-state index contributed by atoms with van der Waals surface area (Å²) in [6, 6.07) is 10.1. The van der Waals surface area contributed by atoms with Crippen molar-refractivity contribution in [2.24, 2.45) is 5.92 Å². The number of piperidine rings is 1. The summed E-state index contributed by atoms with van der Waals surface area (Å²) < 4.78 is 0. The largest absolute Gasteiger partial charge is 0.364 e. The molecule has 3 heterocycles. The maximum absolute atomic E-state index is 12.9. The number of rotatable bonds is 4. The maximum atomic E-state index is 12.9. The number of carbonyl (C=O) groups excluding carboxylic acids is 1. The Kier molecular flexibility index (Phi) is 3.80. The van der Waals surface area contributed by atoms with Gasteiger partial charge < -0.3 is 14.9 Å². The van der Waals surface area contributed by atoms with Gasteiger partial charge in [-0.3, -0.25) is 4.79 Å². The number of likely N-dealkylation sites (tertiary alicyclic amines) is 1. The standard InChI is InChI=1S/C21H24N4O/c26-21(16-7-10-22-20(16)15-5-6-15)25-11-8-14(9-12-25)13-19-23-17-3-1-2-4-18(17)24-19/h1-4,7,10,14-15,22H,5-6,8-9,11-13H2,(H,23,24). The number of amides is 1. The summed E-state index contributed by atoms with van der Waals surface area (Å²) in [5.74, 6) is 2.44. The van der Waals surface area contributed by atoms with Gasteiger partial charge in [-0.15, -0.1) is 0 Å². The van der Waals surface area contributed by atoms with Crippen molar-refractivity contribution in [3.63, 3.8) is 0 Å². The van der Waals surface area contributed by atoms with Crippen LogP contribution in [-0.4, -0.2) is 38.8 Å². The van der Waals surface area contributed by atoms with Crippen LogP contribution in [0.4, 0.5) is 0 Å². The van der Waals surface area contributed by atoms with E-state index in [9.17, 15) is 4.79 Å². The lowest BCUT2D eigenvalue weighted by molar-refractivity contribution is 0.0689. The van der Waals surface area contributed by atoms with E-state index in [2.05, 4.69) is 16.0 Å². The second kappa shape index (κ2) is 6.31. The van der Waals surface area contributed by atoms with Crippen LogP contribution in [0, 0.1) is 5.92 Å². The molecule has 0 spiro atoms.